The van der Waals surface area contributed by atoms with Gasteiger partial charge in [-0.2, -0.15) is 0 Å². The quantitative estimate of drug-likeness (QED) is 0.124. The molecule has 0 fully saturated rings. The number of aromatic hydroxyl groups is 1. The van der Waals surface area contributed by atoms with Crippen LogP contribution in [0.5, 0.6) is 11.5 Å². The number of carbonyl (C=O) groups excluding carboxylic acids is 1. The summed E-state index contributed by atoms with van der Waals surface area (Å²) in [5.74, 6) is 0.892. The maximum Gasteiger partial charge on any atom is 0.342 e. The molecule has 1 N–H and O–H groups in total. The van der Waals surface area contributed by atoms with Crippen LogP contribution in [0, 0.1) is 6.92 Å². The highest BCUT2D eigenvalue weighted by atomic mass is 16.5. The molecule has 0 amide bonds. The van der Waals surface area contributed by atoms with E-state index in [-0.39, 0.29) is 17.9 Å². The first-order chi connectivity index (χ1) is 21.1. The number of nitrogens with zero attached hydrogens (tertiary/aromatic N) is 1. The molecule has 4 rings (SSSR count). The van der Waals surface area contributed by atoms with Crippen molar-refractivity contribution in [2.24, 2.45) is 0 Å². The van der Waals surface area contributed by atoms with Crippen molar-refractivity contribution >= 4 is 11.7 Å². The second kappa shape index (κ2) is 15.0. The third kappa shape index (κ3) is 7.82. The van der Waals surface area contributed by atoms with Crippen molar-refractivity contribution in [3.05, 3.63) is 112 Å². The molecule has 0 saturated carbocycles. The second-order valence-electron chi connectivity index (χ2n) is 12.2. The standard InChI is InChI=1S/C39H47NO4/c1-8-29-18-19-36(43-21-13-20-40(7)37-31(26(2)3)16-12-17-32(37)27(4)5)33(24-29)34-22-28(6)23-35(38(34)41)39(42)44-25-30-14-10-9-11-15-30/h9-12,14-19,22-24,26-27,41H,8,13,20-21,25H2,1-7H3. The Morgan fingerprint density at radius 1 is 0.841 bits per heavy atom. The van der Waals surface area contributed by atoms with Crippen LogP contribution < -0.4 is 9.64 Å². The lowest BCUT2D eigenvalue weighted by atomic mass is 9.92. The Hall–Kier alpha value is -4.25. The van der Waals surface area contributed by atoms with Crippen LogP contribution in [0.4, 0.5) is 5.69 Å². The van der Waals surface area contributed by atoms with Gasteiger partial charge in [-0.25, -0.2) is 4.79 Å². The van der Waals surface area contributed by atoms with Gasteiger partial charge < -0.3 is 19.5 Å². The average Bonchev–Trinajstić information content (AvgIpc) is 3.02. The van der Waals surface area contributed by atoms with Gasteiger partial charge in [0.1, 0.15) is 23.7 Å². The summed E-state index contributed by atoms with van der Waals surface area (Å²) in [6.45, 7) is 14.5. The van der Waals surface area contributed by atoms with Gasteiger partial charge in [0.25, 0.3) is 0 Å². The molecule has 0 bridgehead atoms. The summed E-state index contributed by atoms with van der Waals surface area (Å²) in [7, 11) is 2.16. The molecule has 0 spiro atoms. The lowest BCUT2D eigenvalue weighted by Gasteiger charge is -2.28. The smallest absolute Gasteiger partial charge is 0.342 e. The second-order valence-corrected chi connectivity index (χ2v) is 12.2. The number of phenolic OH excluding ortho intramolecular Hbond substituents is 1. The van der Waals surface area contributed by atoms with Gasteiger partial charge in [-0.15, -0.1) is 0 Å². The summed E-state index contributed by atoms with van der Waals surface area (Å²) in [6, 6.07) is 25.8. The molecule has 0 aromatic heterocycles. The summed E-state index contributed by atoms with van der Waals surface area (Å²) in [5.41, 5.74) is 8.39. The van der Waals surface area contributed by atoms with Crippen molar-refractivity contribution in [3.63, 3.8) is 0 Å². The molecular weight excluding hydrogens is 546 g/mol. The number of phenols is 1. The van der Waals surface area contributed by atoms with Gasteiger partial charge in [-0.3, -0.25) is 0 Å². The van der Waals surface area contributed by atoms with Gasteiger partial charge in [0, 0.05) is 30.4 Å². The fourth-order valence-corrected chi connectivity index (χ4v) is 5.62. The lowest BCUT2D eigenvalue weighted by molar-refractivity contribution is 0.0469. The summed E-state index contributed by atoms with van der Waals surface area (Å²) in [4.78, 5) is 15.4. The van der Waals surface area contributed by atoms with E-state index in [0.717, 1.165) is 41.6 Å². The van der Waals surface area contributed by atoms with Crippen LogP contribution >= 0.6 is 0 Å². The molecule has 0 radical (unpaired) electrons. The summed E-state index contributed by atoms with van der Waals surface area (Å²) >= 11 is 0. The van der Waals surface area contributed by atoms with Crippen molar-refractivity contribution in [1.29, 1.82) is 0 Å². The summed E-state index contributed by atoms with van der Waals surface area (Å²) < 4.78 is 11.9. The maximum atomic E-state index is 13.1. The predicted molar refractivity (Wildman–Crippen MR) is 181 cm³/mol. The Kier molecular flexibility index (Phi) is 11.1. The maximum absolute atomic E-state index is 13.1. The van der Waals surface area contributed by atoms with Crippen molar-refractivity contribution in [2.75, 3.05) is 25.1 Å². The third-order valence-corrected chi connectivity index (χ3v) is 8.05. The van der Waals surface area contributed by atoms with E-state index in [1.807, 2.05) is 55.5 Å². The van der Waals surface area contributed by atoms with Gasteiger partial charge >= 0.3 is 5.97 Å². The van der Waals surface area contributed by atoms with E-state index in [9.17, 15) is 9.90 Å². The zero-order valence-electron chi connectivity index (χ0n) is 27.3. The van der Waals surface area contributed by atoms with Crippen molar-refractivity contribution in [3.8, 4) is 22.6 Å². The Morgan fingerprint density at radius 2 is 1.52 bits per heavy atom. The van der Waals surface area contributed by atoms with Gasteiger partial charge in [0.2, 0.25) is 0 Å². The zero-order chi connectivity index (χ0) is 31.8. The molecule has 4 aromatic rings. The monoisotopic (exact) mass is 593 g/mol. The van der Waals surface area contributed by atoms with Crippen LogP contribution in [0.25, 0.3) is 11.1 Å². The van der Waals surface area contributed by atoms with Gasteiger partial charge in [-0.1, -0.05) is 89.2 Å². The van der Waals surface area contributed by atoms with Gasteiger partial charge in [0.05, 0.1) is 6.61 Å². The fourth-order valence-electron chi connectivity index (χ4n) is 5.62. The lowest BCUT2D eigenvalue weighted by Crippen LogP contribution is -2.23. The van der Waals surface area contributed by atoms with Gasteiger partial charge in [0.15, 0.2) is 0 Å². The number of esters is 1. The first kappa shape index (κ1) is 32.7. The average molecular weight is 594 g/mol. The molecule has 5 heteroatoms. The number of aryl methyl sites for hydroxylation is 2. The van der Waals surface area contributed by atoms with E-state index in [1.165, 1.54) is 16.8 Å². The number of rotatable bonds is 13. The molecular formula is C39H47NO4. The Balaban J connectivity index is 1.53. The minimum absolute atomic E-state index is 0.0991. The Bertz CT molecular complexity index is 1530. The third-order valence-electron chi connectivity index (χ3n) is 8.05. The highest BCUT2D eigenvalue weighted by Gasteiger charge is 2.21. The molecule has 0 saturated heterocycles. The zero-order valence-corrected chi connectivity index (χ0v) is 27.3. The minimum atomic E-state index is -0.559. The summed E-state index contributed by atoms with van der Waals surface area (Å²) in [5, 5.41) is 11.4. The topological polar surface area (TPSA) is 59.0 Å². The predicted octanol–water partition coefficient (Wildman–Crippen LogP) is 9.44. The summed E-state index contributed by atoms with van der Waals surface area (Å²) in [6.07, 6.45) is 1.66. The van der Waals surface area contributed by atoms with E-state index in [4.69, 9.17) is 9.47 Å². The number of ether oxygens (including phenoxy) is 2. The van der Waals surface area contributed by atoms with E-state index in [2.05, 4.69) is 70.8 Å². The molecule has 0 atom stereocenters. The first-order valence-corrected chi connectivity index (χ1v) is 15.7. The Labute approximate surface area is 263 Å². The number of hydrogen-bond donors (Lipinski definition) is 1. The van der Waals surface area contributed by atoms with Crippen LogP contribution in [-0.2, 0) is 17.8 Å². The first-order valence-electron chi connectivity index (χ1n) is 15.7. The van der Waals surface area contributed by atoms with Crippen molar-refractivity contribution < 1.29 is 19.4 Å². The van der Waals surface area contributed by atoms with E-state index < -0.39 is 5.97 Å². The number of anilines is 1. The highest BCUT2D eigenvalue weighted by molar-refractivity contribution is 5.96. The minimum Gasteiger partial charge on any atom is -0.506 e. The van der Waals surface area contributed by atoms with E-state index >= 15 is 0 Å². The Morgan fingerprint density at radius 3 is 2.16 bits per heavy atom. The molecule has 0 aliphatic heterocycles. The fraction of sp³-hybridized carbons (Fsp3) is 0.359. The number of benzene rings is 4. The largest absolute Gasteiger partial charge is 0.506 e. The van der Waals surface area contributed by atoms with E-state index in [1.54, 1.807) is 6.07 Å². The highest BCUT2D eigenvalue weighted by Crippen LogP contribution is 2.40. The SMILES string of the molecule is CCc1ccc(OCCCN(C)c2c(C(C)C)cccc2C(C)C)c(-c2cc(C)cc(C(=O)OCc3ccccc3)c2O)c1. The van der Waals surface area contributed by atoms with Crippen LogP contribution in [0.1, 0.15) is 91.1 Å². The molecule has 5 nitrogen and oxygen atoms in total. The van der Waals surface area contributed by atoms with Crippen LogP contribution in [0.2, 0.25) is 0 Å². The van der Waals surface area contributed by atoms with Crippen LogP contribution in [-0.4, -0.2) is 31.3 Å². The molecule has 232 valence electrons. The molecule has 0 heterocycles. The van der Waals surface area contributed by atoms with Crippen LogP contribution in [0.3, 0.4) is 0 Å². The normalized spacial score (nSPS) is 11.2. The number of carbonyl (C=O) groups is 1. The molecule has 0 aliphatic carbocycles. The molecule has 44 heavy (non-hydrogen) atoms. The number of hydrogen-bond acceptors (Lipinski definition) is 5. The van der Waals surface area contributed by atoms with Crippen molar-refractivity contribution in [2.45, 2.75) is 72.8 Å². The van der Waals surface area contributed by atoms with E-state index in [0.29, 0.717) is 29.8 Å². The molecule has 0 unspecified atom stereocenters. The van der Waals surface area contributed by atoms with Crippen molar-refractivity contribution in [1.82, 2.24) is 0 Å². The van der Waals surface area contributed by atoms with Crippen LogP contribution in [0.15, 0.2) is 78.9 Å². The molecule has 0 aliphatic rings. The molecule has 4 aromatic carbocycles. The van der Waals surface area contributed by atoms with Gasteiger partial charge in [-0.05, 0) is 83.7 Å². The number of para-hydroxylation sites is 1.